The molecule has 0 atom stereocenters. The molecule has 1 saturated heterocycles. The Hall–Kier alpha value is -3.22. The van der Waals surface area contributed by atoms with Crippen LogP contribution in [0.5, 0.6) is 0 Å². The number of benzene rings is 2. The van der Waals surface area contributed by atoms with Gasteiger partial charge in [-0.1, -0.05) is 0 Å². The molecule has 1 aliphatic rings. The number of amides is 3. The van der Waals surface area contributed by atoms with Crippen LogP contribution < -0.4 is 15.5 Å². The molecule has 1 fully saturated rings. The summed E-state index contributed by atoms with van der Waals surface area (Å²) < 4.78 is 13.7. The van der Waals surface area contributed by atoms with E-state index in [2.05, 4.69) is 10.6 Å². The van der Waals surface area contributed by atoms with E-state index in [-0.39, 0.29) is 17.5 Å². The zero-order valence-corrected chi connectivity index (χ0v) is 14.9. The molecule has 1 heterocycles. The van der Waals surface area contributed by atoms with Gasteiger partial charge in [0.25, 0.3) is 5.91 Å². The third-order valence-electron chi connectivity index (χ3n) is 4.30. The number of nitrogens with one attached hydrogen (secondary N) is 2. The van der Waals surface area contributed by atoms with Crippen molar-refractivity contribution in [3.63, 3.8) is 0 Å². The van der Waals surface area contributed by atoms with E-state index in [1.165, 1.54) is 25.1 Å². The minimum atomic E-state index is -0.584. The summed E-state index contributed by atoms with van der Waals surface area (Å²) in [7, 11) is 0. The highest BCUT2D eigenvalue weighted by atomic mass is 19.1. The molecule has 6 nitrogen and oxygen atoms in total. The summed E-state index contributed by atoms with van der Waals surface area (Å²) in [5.74, 6) is -1.26. The number of anilines is 3. The molecule has 2 aromatic rings. The van der Waals surface area contributed by atoms with Crippen LogP contribution in [0.1, 0.15) is 36.5 Å². The molecular formula is C20H20FN3O3. The molecule has 3 amide bonds. The summed E-state index contributed by atoms with van der Waals surface area (Å²) in [4.78, 5) is 37.2. The molecule has 0 spiro atoms. The van der Waals surface area contributed by atoms with Gasteiger partial charge in [-0.15, -0.1) is 0 Å². The van der Waals surface area contributed by atoms with Gasteiger partial charge in [0.1, 0.15) is 5.82 Å². The topological polar surface area (TPSA) is 78.5 Å². The first-order valence-electron chi connectivity index (χ1n) is 8.73. The van der Waals surface area contributed by atoms with Gasteiger partial charge in [-0.25, -0.2) is 4.39 Å². The van der Waals surface area contributed by atoms with Gasteiger partial charge in [0.05, 0.1) is 5.69 Å². The Labute approximate surface area is 156 Å². The third-order valence-corrected chi connectivity index (χ3v) is 4.30. The maximum absolute atomic E-state index is 13.7. The molecule has 0 aromatic heterocycles. The highest BCUT2D eigenvalue weighted by Gasteiger charge is 2.19. The zero-order valence-electron chi connectivity index (χ0n) is 14.9. The molecule has 0 bridgehead atoms. The van der Waals surface area contributed by atoms with Crippen LogP contribution in [0, 0.1) is 5.82 Å². The Bertz CT molecular complexity index is 881. The van der Waals surface area contributed by atoms with Crippen molar-refractivity contribution >= 4 is 34.8 Å². The minimum absolute atomic E-state index is 0.000686. The quantitative estimate of drug-likeness (QED) is 0.865. The summed E-state index contributed by atoms with van der Waals surface area (Å²) >= 11 is 0. The van der Waals surface area contributed by atoms with E-state index < -0.39 is 11.7 Å². The number of hydrogen-bond donors (Lipinski definition) is 2. The Morgan fingerprint density at radius 1 is 1.04 bits per heavy atom. The van der Waals surface area contributed by atoms with Crippen molar-refractivity contribution in [1.29, 1.82) is 0 Å². The zero-order chi connectivity index (χ0) is 19.4. The highest BCUT2D eigenvalue weighted by Crippen LogP contribution is 2.23. The van der Waals surface area contributed by atoms with E-state index in [0.29, 0.717) is 24.2 Å². The number of hydrogen-bond acceptors (Lipinski definition) is 3. The molecule has 0 aliphatic carbocycles. The lowest BCUT2D eigenvalue weighted by Gasteiger charge is -2.26. The summed E-state index contributed by atoms with van der Waals surface area (Å²) in [6.07, 6.45) is 2.42. The third kappa shape index (κ3) is 4.49. The Morgan fingerprint density at radius 2 is 1.78 bits per heavy atom. The van der Waals surface area contributed by atoms with Crippen molar-refractivity contribution in [3.8, 4) is 0 Å². The van der Waals surface area contributed by atoms with Crippen molar-refractivity contribution in [3.05, 3.63) is 53.8 Å². The number of rotatable bonds is 4. The molecular weight excluding hydrogens is 349 g/mol. The molecule has 0 saturated carbocycles. The Kier molecular flexibility index (Phi) is 5.49. The second kappa shape index (κ2) is 7.99. The number of carbonyl (C=O) groups excluding carboxylic acids is 3. The molecule has 0 radical (unpaired) electrons. The van der Waals surface area contributed by atoms with Gasteiger partial charge in [-0.3, -0.25) is 14.4 Å². The van der Waals surface area contributed by atoms with Gasteiger partial charge < -0.3 is 15.5 Å². The highest BCUT2D eigenvalue weighted by molar-refractivity contribution is 6.05. The molecule has 1 aliphatic heterocycles. The number of carbonyl (C=O) groups is 3. The van der Waals surface area contributed by atoms with E-state index in [1.54, 1.807) is 29.2 Å². The summed E-state index contributed by atoms with van der Waals surface area (Å²) in [6.45, 7) is 1.96. The van der Waals surface area contributed by atoms with Crippen LogP contribution in [0.4, 0.5) is 21.5 Å². The summed E-state index contributed by atoms with van der Waals surface area (Å²) in [6, 6.07) is 10.7. The molecule has 27 heavy (non-hydrogen) atoms. The van der Waals surface area contributed by atoms with Crippen molar-refractivity contribution < 1.29 is 18.8 Å². The van der Waals surface area contributed by atoms with E-state index >= 15 is 0 Å². The maximum Gasteiger partial charge on any atom is 0.255 e. The summed E-state index contributed by atoms with van der Waals surface area (Å²) in [5, 5.41) is 5.04. The van der Waals surface area contributed by atoms with Crippen molar-refractivity contribution in [2.24, 2.45) is 0 Å². The fourth-order valence-corrected chi connectivity index (χ4v) is 2.96. The number of piperidine rings is 1. The van der Waals surface area contributed by atoms with Crippen molar-refractivity contribution in [2.45, 2.75) is 26.2 Å². The van der Waals surface area contributed by atoms with Gasteiger partial charge in [-0.2, -0.15) is 0 Å². The van der Waals surface area contributed by atoms with Crippen LogP contribution in [-0.2, 0) is 9.59 Å². The van der Waals surface area contributed by atoms with E-state index in [0.717, 1.165) is 18.5 Å². The monoisotopic (exact) mass is 369 g/mol. The molecule has 2 N–H and O–H groups in total. The minimum Gasteiger partial charge on any atom is -0.324 e. The van der Waals surface area contributed by atoms with E-state index in [9.17, 15) is 18.8 Å². The standard InChI is InChI=1S/C20H20FN3O3/c1-13(25)22-18-12-15(7-10-17(18)21)23-20(27)14-5-8-16(9-6-14)24-11-3-2-4-19(24)26/h5-10,12H,2-4,11H2,1H3,(H,22,25)(H,23,27). The fraction of sp³-hybridized carbons (Fsp3) is 0.250. The molecule has 7 heteroatoms. The van der Waals surface area contributed by atoms with Crippen LogP contribution in [0.3, 0.4) is 0 Å². The average molecular weight is 369 g/mol. The maximum atomic E-state index is 13.7. The van der Waals surface area contributed by atoms with Gasteiger partial charge in [0.2, 0.25) is 11.8 Å². The smallest absolute Gasteiger partial charge is 0.255 e. The van der Waals surface area contributed by atoms with E-state index in [1.807, 2.05) is 0 Å². The molecule has 0 unspecified atom stereocenters. The predicted molar refractivity (Wildman–Crippen MR) is 101 cm³/mol. The Balaban J connectivity index is 1.71. The largest absolute Gasteiger partial charge is 0.324 e. The summed E-state index contributed by atoms with van der Waals surface area (Å²) in [5.41, 5.74) is 1.54. The second-order valence-electron chi connectivity index (χ2n) is 6.38. The van der Waals surface area contributed by atoms with Gasteiger partial charge in [0.15, 0.2) is 0 Å². The van der Waals surface area contributed by atoms with Crippen LogP contribution in [0.2, 0.25) is 0 Å². The van der Waals surface area contributed by atoms with E-state index in [4.69, 9.17) is 0 Å². The number of nitrogens with zero attached hydrogens (tertiary/aromatic N) is 1. The fourth-order valence-electron chi connectivity index (χ4n) is 2.96. The lowest BCUT2D eigenvalue weighted by atomic mass is 10.1. The normalized spacial score (nSPS) is 14.0. The van der Waals surface area contributed by atoms with Crippen LogP contribution in [-0.4, -0.2) is 24.3 Å². The van der Waals surface area contributed by atoms with Crippen molar-refractivity contribution in [1.82, 2.24) is 0 Å². The lowest BCUT2D eigenvalue weighted by molar-refractivity contribution is -0.119. The first-order valence-corrected chi connectivity index (χ1v) is 8.73. The molecule has 3 rings (SSSR count). The van der Waals surface area contributed by atoms with Gasteiger partial charge in [0, 0.05) is 36.8 Å². The average Bonchev–Trinajstić information content (AvgIpc) is 2.64. The van der Waals surface area contributed by atoms with Crippen LogP contribution in [0.25, 0.3) is 0 Å². The first kappa shape index (κ1) is 18.6. The van der Waals surface area contributed by atoms with Crippen LogP contribution in [0.15, 0.2) is 42.5 Å². The van der Waals surface area contributed by atoms with Crippen molar-refractivity contribution in [2.75, 3.05) is 22.1 Å². The predicted octanol–water partition coefficient (Wildman–Crippen LogP) is 3.55. The lowest BCUT2D eigenvalue weighted by Crippen LogP contribution is -2.35. The second-order valence-corrected chi connectivity index (χ2v) is 6.38. The Morgan fingerprint density at radius 3 is 2.44 bits per heavy atom. The molecule has 2 aromatic carbocycles. The number of halogens is 1. The first-order chi connectivity index (χ1) is 12.9. The van der Waals surface area contributed by atoms with Crippen LogP contribution >= 0.6 is 0 Å². The SMILES string of the molecule is CC(=O)Nc1cc(NC(=O)c2ccc(N3CCCCC3=O)cc2)ccc1F. The van der Waals surface area contributed by atoms with Gasteiger partial charge >= 0.3 is 0 Å². The van der Waals surface area contributed by atoms with Gasteiger partial charge in [-0.05, 0) is 55.3 Å². The molecule has 140 valence electrons.